The maximum absolute atomic E-state index is 11.8. The lowest BCUT2D eigenvalue weighted by molar-refractivity contribution is 0.205. The van der Waals surface area contributed by atoms with Gasteiger partial charge in [0.1, 0.15) is 11.9 Å². The van der Waals surface area contributed by atoms with Gasteiger partial charge in [0, 0.05) is 6.04 Å². The summed E-state index contributed by atoms with van der Waals surface area (Å²) in [6.07, 6.45) is 2.08. The van der Waals surface area contributed by atoms with Gasteiger partial charge in [-0.1, -0.05) is 18.2 Å². The van der Waals surface area contributed by atoms with Gasteiger partial charge in [-0.15, -0.1) is 0 Å². The number of hydrogen-bond donors (Lipinski definition) is 2. The van der Waals surface area contributed by atoms with Crippen LogP contribution >= 0.6 is 11.8 Å². The lowest BCUT2D eigenvalue weighted by atomic mass is 10.2. The van der Waals surface area contributed by atoms with Gasteiger partial charge in [0.15, 0.2) is 0 Å². The highest BCUT2D eigenvalue weighted by Gasteiger charge is 2.16. The first kappa shape index (κ1) is 15.0. The zero-order valence-electron chi connectivity index (χ0n) is 11.8. The van der Waals surface area contributed by atoms with Crippen molar-refractivity contribution >= 4 is 17.8 Å². The monoisotopic (exact) mass is 294 g/mol. The molecule has 4 nitrogen and oxygen atoms in total. The van der Waals surface area contributed by atoms with Gasteiger partial charge < -0.3 is 15.4 Å². The van der Waals surface area contributed by atoms with Crippen LogP contribution in [0.5, 0.6) is 5.75 Å². The predicted octanol–water partition coefficient (Wildman–Crippen LogP) is 2.65. The SMILES string of the molecule is C[C@@H](CNC(=O)NC1CCSCC1)Oc1ccccc1. The summed E-state index contributed by atoms with van der Waals surface area (Å²) in [6.45, 7) is 2.45. The van der Waals surface area contributed by atoms with E-state index in [1.54, 1.807) is 0 Å². The van der Waals surface area contributed by atoms with E-state index in [0.29, 0.717) is 12.6 Å². The fourth-order valence-electron chi connectivity index (χ4n) is 2.09. The van der Waals surface area contributed by atoms with Gasteiger partial charge in [-0.05, 0) is 43.4 Å². The second-order valence-electron chi connectivity index (χ2n) is 4.98. The molecule has 1 fully saturated rings. The number of amides is 2. The molecule has 0 radical (unpaired) electrons. The van der Waals surface area contributed by atoms with Gasteiger partial charge in [0.25, 0.3) is 0 Å². The molecule has 0 bridgehead atoms. The molecule has 0 spiro atoms. The number of carbonyl (C=O) groups excluding carboxylic acids is 1. The Morgan fingerprint density at radius 3 is 2.75 bits per heavy atom. The zero-order chi connectivity index (χ0) is 14.2. The summed E-state index contributed by atoms with van der Waals surface area (Å²) in [6, 6.07) is 9.87. The zero-order valence-corrected chi connectivity index (χ0v) is 12.6. The molecule has 2 amide bonds. The molecule has 0 aromatic heterocycles. The van der Waals surface area contributed by atoms with E-state index in [1.165, 1.54) is 0 Å². The van der Waals surface area contributed by atoms with Crippen LogP contribution in [0.2, 0.25) is 0 Å². The summed E-state index contributed by atoms with van der Waals surface area (Å²) >= 11 is 1.95. The molecule has 1 atom stereocenters. The molecule has 0 aliphatic carbocycles. The average Bonchev–Trinajstić information content (AvgIpc) is 2.47. The van der Waals surface area contributed by atoms with E-state index in [0.717, 1.165) is 30.1 Å². The first-order chi connectivity index (χ1) is 9.74. The molecule has 0 saturated carbocycles. The normalized spacial score (nSPS) is 17.2. The van der Waals surface area contributed by atoms with Crippen LogP contribution < -0.4 is 15.4 Å². The standard InChI is InChI=1S/C15H22N2O2S/c1-12(19-14-5-3-2-4-6-14)11-16-15(18)17-13-7-9-20-10-8-13/h2-6,12-13H,7-11H2,1H3,(H2,16,17,18)/t12-/m0/s1. The molecule has 110 valence electrons. The Balaban J connectivity index is 1.64. The van der Waals surface area contributed by atoms with Crippen LogP contribution in [-0.2, 0) is 0 Å². The molecular formula is C15H22N2O2S. The van der Waals surface area contributed by atoms with Crippen molar-refractivity contribution in [1.29, 1.82) is 0 Å². The van der Waals surface area contributed by atoms with E-state index in [9.17, 15) is 4.79 Å². The quantitative estimate of drug-likeness (QED) is 0.878. The van der Waals surface area contributed by atoms with E-state index in [-0.39, 0.29) is 12.1 Å². The summed E-state index contributed by atoms with van der Waals surface area (Å²) in [5, 5.41) is 5.89. The summed E-state index contributed by atoms with van der Waals surface area (Å²) in [4.78, 5) is 11.8. The van der Waals surface area contributed by atoms with E-state index >= 15 is 0 Å². The van der Waals surface area contributed by atoms with Crippen LogP contribution in [0.15, 0.2) is 30.3 Å². The minimum atomic E-state index is -0.0922. The Morgan fingerprint density at radius 2 is 2.05 bits per heavy atom. The van der Waals surface area contributed by atoms with Gasteiger partial charge >= 0.3 is 6.03 Å². The third-order valence-corrected chi connectivity index (χ3v) is 4.24. The van der Waals surface area contributed by atoms with E-state index in [1.807, 2.05) is 49.0 Å². The molecule has 2 N–H and O–H groups in total. The molecule has 2 rings (SSSR count). The van der Waals surface area contributed by atoms with Crippen molar-refractivity contribution in [1.82, 2.24) is 10.6 Å². The average molecular weight is 294 g/mol. The summed E-state index contributed by atoms with van der Waals surface area (Å²) in [5.74, 6) is 3.10. The third-order valence-electron chi connectivity index (χ3n) is 3.19. The fraction of sp³-hybridized carbons (Fsp3) is 0.533. The van der Waals surface area contributed by atoms with Crippen LogP contribution in [0.4, 0.5) is 4.79 Å². The molecular weight excluding hydrogens is 272 g/mol. The second kappa shape index (κ2) is 8.04. The van der Waals surface area contributed by atoms with Gasteiger partial charge in [-0.2, -0.15) is 11.8 Å². The smallest absolute Gasteiger partial charge is 0.315 e. The van der Waals surface area contributed by atoms with Crippen LogP contribution in [-0.4, -0.2) is 36.2 Å². The van der Waals surface area contributed by atoms with Crippen LogP contribution in [0.25, 0.3) is 0 Å². The van der Waals surface area contributed by atoms with E-state index in [4.69, 9.17) is 4.74 Å². The summed E-state index contributed by atoms with van der Waals surface area (Å²) in [5.41, 5.74) is 0. The third kappa shape index (κ3) is 5.33. The Labute approximate surface area is 124 Å². The van der Waals surface area contributed by atoms with Crippen molar-refractivity contribution < 1.29 is 9.53 Å². The van der Waals surface area contributed by atoms with Crippen LogP contribution in [0, 0.1) is 0 Å². The number of thioether (sulfide) groups is 1. The molecule has 1 aromatic carbocycles. The Hall–Kier alpha value is -1.36. The van der Waals surface area contributed by atoms with Gasteiger partial charge in [0.2, 0.25) is 0 Å². The largest absolute Gasteiger partial charge is 0.489 e. The predicted molar refractivity (Wildman–Crippen MR) is 83.4 cm³/mol. The lowest BCUT2D eigenvalue weighted by Crippen LogP contribution is -2.46. The number of para-hydroxylation sites is 1. The van der Waals surface area contributed by atoms with Crippen molar-refractivity contribution in [2.45, 2.75) is 31.9 Å². The Kier molecular flexibility index (Phi) is 6.05. The second-order valence-corrected chi connectivity index (χ2v) is 6.21. The number of carbonyl (C=O) groups is 1. The van der Waals surface area contributed by atoms with E-state index in [2.05, 4.69) is 10.6 Å². The maximum atomic E-state index is 11.8. The van der Waals surface area contributed by atoms with Crippen LogP contribution in [0.1, 0.15) is 19.8 Å². The van der Waals surface area contributed by atoms with Gasteiger partial charge in [0.05, 0.1) is 6.54 Å². The lowest BCUT2D eigenvalue weighted by Gasteiger charge is -2.23. The number of rotatable bonds is 5. The number of urea groups is 1. The van der Waals surface area contributed by atoms with Gasteiger partial charge in [-0.25, -0.2) is 4.79 Å². The minimum absolute atomic E-state index is 0.0509. The van der Waals surface area contributed by atoms with Crippen molar-refractivity contribution in [2.24, 2.45) is 0 Å². The first-order valence-electron chi connectivity index (χ1n) is 7.08. The molecule has 1 saturated heterocycles. The minimum Gasteiger partial charge on any atom is -0.489 e. The summed E-state index contributed by atoms with van der Waals surface area (Å²) < 4.78 is 5.71. The number of benzene rings is 1. The van der Waals surface area contributed by atoms with Gasteiger partial charge in [-0.3, -0.25) is 0 Å². The number of ether oxygens (including phenoxy) is 1. The molecule has 5 heteroatoms. The number of nitrogens with one attached hydrogen (secondary N) is 2. The van der Waals surface area contributed by atoms with E-state index < -0.39 is 0 Å². The highest BCUT2D eigenvalue weighted by atomic mass is 32.2. The highest BCUT2D eigenvalue weighted by Crippen LogP contribution is 2.16. The van der Waals surface area contributed by atoms with Crippen molar-refractivity contribution in [3.05, 3.63) is 30.3 Å². The maximum Gasteiger partial charge on any atom is 0.315 e. The van der Waals surface area contributed by atoms with Crippen LogP contribution in [0.3, 0.4) is 0 Å². The topological polar surface area (TPSA) is 50.4 Å². The Morgan fingerprint density at radius 1 is 1.35 bits per heavy atom. The molecule has 1 aliphatic heterocycles. The van der Waals surface area contributed by atoms with Crippen molar-refractivity contribution in [3.63, 3.8) is 0 Å². The molecule has 1 aliphatic rings. The number of hydrogen-bond acceptors (Lipinski definition) is 3. The highest BCUT2D eigenvalue weighted by molar-refractivity contribution is 7.99. The summed E-state index contributed by atoms with van der Waals surface area (Å²) in [7, 11) is 0. The molecule has 0 unspecified atom stereocenters. The molecule has 1 heterocycles. The van der Waals surface area contributed by atoms with Crippen molar-refractivity contribution in [2.75, 3.05) is 18.1 Å². The Bertz CT molecular complexity index is 408. The molecule has 20 heavy (non-hydrogen) atoms. The fourth-order valence-corrected chi connectivity index (χ4v) is 3.19. The van der Waals surface area contributed by atoms with Crippen molar-refractivity contribution in [3.8, 4) is 5.75 Å². The first-order valence-corrected chi connectivity index (χ1v) is 8.23. The molecule has 1 aromatic rings.